The summed E-state index contributed by atoms with van der Waals surface area (Å²) in [5, 5.41) is 0. The molecule has 0 radical (unpaired) electrons. The predicted molar refractivity (Wildman–Crippen MR) is 124 cm³/mol. The Balaban J connectivity index is 1.66. The fourth-order valence-corrected chi connectivity index (χ4v) is 6.25. The van der Waals surface area contributed by atoms with E-state index in [1.807, 2.05) is 0 Å². The van der Waals surface area contributed by atoms with E-state index < -0.39 is 0 Å². The summed E-state index contributed by atoms with van der Waals surface area (Å²) >= 11 is 0. The first-order valence-corrected chi connectivity index (χ1v) is 11.4. The molecule has 0 spiro atoms. The Hall–Kier alpha value is -2.91. The number of likely N-dealkylation sites (tertiary alicyclic amines) is 1. The number of benzene rings is 3. The van der Waals surface area contributed by atoms with Crippen molar-refractivity contribution in [1.29, 1.82) is 0 Å². The van der Waals surface area contributed by atoms with Gasteiger partial charge in [-0.3, -0.25) is 9.69 Å². The van der Waals surface area contributed by atoms with Crippen LogP contribution in [0.15, 0.2) is 91.0 Å². The number of hydrogen-bond donors (Lipinski definition) is 1. The molecule has 2 N–H and O–H groups in total. The van der Waals surface area contributed by atoms with Crippen molar-refractivity contribution in [2.75, 3.05) is 13.1 Å². The molecule has 1 amide bonds. The smallest absolute Gasteiger partial charge is 0.217 e. The number of fused-ring (bicyclic) bond motifs is 1. The molecule has 3 atom stereocenters. The van der Waals surface area contributed by atoms with Crippen LogP contribution in [0.5, 0.6) is 0 Å². The van der Waals surface area contributed by atoms with Crippen molar-refractivity contribution in [3.8, 4) is 0 Å². The average molecular weight is 411 g/mol. The van der Waals surface area contributed by atoms with Crippen LogP contribution in [0.3, 0.4) is 0 Å². The predicted octanol–water partition coefficient (Wildman–Crippen LogP) is 4.81. The molecule has 1 saturated heterocycles. The van der Waals surface area contributed by atoms with Gasteiger partial charge in [-0.1, -0.05) is 91.0 Å². The zero-order valence-corrected chi connectivity index (χ0v) is 17.9. The lowest BCUT2D eigenvalue weighted by Gasteiger charge is -2.44. The lowest BCUT2D eigenvalue weighted by atomic mass is 9.75. The van der Waals surface area contributed by atoms with Gasteiger partial charge in [0.1, 0.15) is 0 Å². The molecule has 158 valence electrons. The first-order valence-electron chi connectivity index (χ1n) is 11.4. The Bertz CT molecular complexity index is 922. The van der Waals surface area contributed by atoms with Gasteiger partial charge in [-0.2, -0.15) is 0 Å². The summed E-state index contributed by atoms with van der Waals surface area (Å²) in [6, 6.07) is 32.7. The average Bonchev–Trinajstić information content (AvgIpc) is 3.39. The Morgan fingerprint density at radius 2 is 1.26 bits per heavy atom. The molecule has 3 nitrogen and oxygen atoms in total. The van der Waals surface area contributed by atoms with Gasteiger partial charge in [0.15, 0.2) is 0 Å². The maximum Gasteiger partial charge on any atom is 0.217 e. The summed E-state index contributed by atoms with van der Waals surface area (Å²) in [5.41, 5.74) is 9.11. The van der Waals surface area contributed by atoms with Crippen LogP contribution in [0.25, 0.3) is 0 Å². The zero-order chi connectivity index (χ0) is 21.3. The van der Waals surface area contributed by atoms with Crippen molar-refractivity contribution in [1.82, 2.24) is 4.90 Å². The van der Waals surface area contributed by atoms with Crippen LogP contribution in [0.1, 0.15) is 36.0 Å². The number of rotatable bonds is 6. The van der Waals surface area contributed by atoms with Gasteiger partial charge in [0.05, 0.1) is 5.54 Å². The molecule has 3 aromatic carbocycles. The Kier molecular flexibility index (Phi) is 5.37. The minimum absolute atomic E-state index is 0.162. The number of carbonyl (C=O) groups is 1. The van der Waals surface area contributed by atoms with Crippen molar-refractivity contribution < 1.29 is 4.79 Å². The summed E-state index contributed by atoms with van der Waals surface area (Å²) in [6.07, 6.45) is 2.83. The van der Waals surface area contributed by atoms with Gasteiger partial charge in [0.2, 0.25) is 5.91 Å². The second-order valence-electron chi connectivity index (χ2n) is 9.15. The number of nitrogens with zero attached hydrogens (tertiary/aromatic N) is 1. The van der Waals surface area contributed by atoms with Crippen LogP contribution < -0.4 is 5.73 Å². The molecule has 1 heterocycles. The van der Waals surface area contributed by atoms with Crippen molar-refractivity contribution in [2.24, 2.45) is 23.5 Å². The molecule has 3 aromatic rings. The van der Waals surface area contributed by atoms with Gasteiger partial charge in [-0.25, -0.2) is 0 Å². The van der Waals surface area contributed by atoms with Gasteiger partial charge in [-0.05, 0) is 47.3 Å². The zero-order valence-electron chi connectivity index (χ0n) is 17.9. The van der Waals surface area contributed by atoms with E-state index in [-0.39, 0.29) is 11.4 Å². The molecular formula is C28H30N2O. The van der Waals surface area contributed by atoms with E-state index in [0.29, 0.717) is 24.2 Å². The second-order valence-corrected chi connectivity index (χ2v) is 9.15. The highest BCUT2D eigenvalue weighted by Crippen LogP contribution is 2.51. The summed E-state index contributed by atoms with van der Waals surface area (Å²) in [5.74, 6) is 1.40. The maximum absolute atomic E-state index is 11.7. The highest BCUT2D eigenvalue weighted by molar-refractivity contribution is 5.74. The van der Waals surface area contributed by atoms with Crippen LogP contribution in [0.2, 0.25) is 0 Å². The maximum atomic E-state index is 11.7. The normalized spacial score (nSPS) is 23.5. The third-order valence-electron chi connectivity index (χ3n) is 7.52. The molecule has 0 aromatic heterocycles. The number of nitrogens with two attached hydrogens (primary N) is 1. The summed E-state index contributed by atoms with van der Waals surface area (Å²) in [4.78, 5) is 14.4. The molecule has 1 saturated carbocycles. The third kappa shape index (κ3) is 3.47. The van der Waals surface area contributed by atoms with Crippen molar-refractivity contribution in [3.05, 3.63) is 108 Å². The molecule has 2 aliphatic rings. The Labute approximate surface area is 184 Å². The summed E-state index contributed by atoms with van der Waals surface area (Å²) in [6.45, 7) is 2.03. The highest BCUT2D eigenvalue weighted by atomic mass is 16.1. The lowest BCUT2D eigenvalue weighted by Crippen LogP contribution is -2.47. The second kappa shape index (κ2) is 8.32. The molecule has 31 heavy (non-hydrogen) atoms. The Morgan fingerprint density at radius 1 is 0.774 bits per heavy atom. The number of amides is 1. The van der Waals surface area contributed by atoms with Gasteiger partial charge >= 0.3 is 0 Å². The van der Waals surface area contributed by atoms with Gasteiger partial charge in [0, 0.05) is 19.5 Å². The summed E-state index contributed by atoms with van der Waals surface area (Å²) in [7, 11) is 0. The van der Waals surface area contributed by atoms with Crippen LogP contribution in [-0.2, 0) is 10.3 Å². The summed E-state index contributed by atoms with van der Waals surface area (Å²) < 4.78 is 0. The highest BCUT2D eigenvalue weighted by Gasteiger charge is 2.51. The molecule has 2 fully saturated rings. The minimum Gasteiger partial charge on any atom is -0.370 e. The monoisotopic (exact) mass is 410 g/mol. The largest absolute Gasteiger partial charge is 0.370 e. The topological polar surface area (TPSA) is 46.3 Å². The molecule has 3 heteroatoms. The molecule has 0 bridgehead atoms. The van der Waals surface area contributed by atoms with Crippen LogP contribution >= 0.6 is 0 Å². The van der Waals surface area contributed by atoms with Gasteiger partial charge < -0.3 is 5.73 Å². The lowest BCUT2D eigenvalue weighted by molar-refractivity contribution is -0.119. The number of primary amides is 1. The molecule has 5 rings (SSSR count). The van der Waals surface area contributed by atoms with Crippen LogP contribution in [-0.4, -0.2) is 23.9 Å². The quantitative estimate of drug-likeness (QED) is 0.593. The van der Waals surface area contributed by atoms with Crippen molar-refractivity contribution in [3.63, 3.8) is 0 Å². The fourth-order valence-electron chi connectivity index (χ4n) is 6.25. The van der Waals surface area contributed by atoms with E-state index in [9.17, 15) is 4.79 Å². The standard InChI is InChI=1S/C28H30N2O/c29-27(31)18-21-16-17-22-19-30(20-26(21)22)28(23-10-4-1-5-11-23,24-12-6-2-7-13-24)25-14-8-3-9-15-25/h1-15,21-22,26H,16-20H2,(H2,29,31). The third-order valence-corrected chi connectivity index (χ3v) is 7.52. The van der Waals surface area contributed by atoms with Crippen LogP contribution in [0.4, 0.5) is 0 Å². The van der Waals surface area contributed by atoms with E-state index in [2.05, 4.69) is 95.9 Å². The number of carbonyl (C=O) groups excluding carboxylic acids is 1. The first-order chi connectivity index (χ1) is 15.2. The van der Waals surface area contributed by atoms with E-state index in [4.69, 9.17) is 5.73 Å². The molecule has 3 unspecified atom stereocenters. The van der Waals surface area contributed by atoms with Gasteiger partial charge in [-0.15, -0.1) is 0 Å². The minimum atomic E-state index is -0.356. The first kappa shape index (κ1) is 20.0. The number of hydrogen-bond acceptors (Lipinski definition) is 2. The molecule has 1 aliphatic carbocycles. The van der Waals surface area contributed by atoms with Crippen molar-refractivity contribution >= 4 is 5.91 Å². The van der Waals surface area contributed by atoms with Gasteiger partial charge in [0.25, 0.3) is 0 Å². The van der Waals surface area contributed by atoms with Crippen LogP contribution in [0, 0.1) is 17.8 Å². The van der Waals surface area contributed by atoms with Crippen molar-refractivity contribution in [2.45, 2.75) is 24.8 Å². The van der Waals surface area contributed by atoms with E-state index in [1.165, 1.54) is 23.1 Å². The molecule has 1 aliphatic heterocycles. The van der Waals surface area contributed by atoms with E-state index >= 15 is 0 Å². The Morgan fingerprint density at radius 3 is 1.71 bits per heavy atom. The van der Waals surface area contributed by atoms with E-state index in [1.54, 1.807) is 0 Å². The molecular weight excluding hydrogens is 380 g/mol. The SMILES string of the molecule is NC(=O)CC1CCC2CN(C(c3ccccc3)(c3ccccc3)c3ccccc3)CC12. The fraction of sp³-hybridized carbons (Fsp3) is 0.321. The van der Waals surface area contributed by atoms with E-state index in [0.717, 1.165) is 19.5 Å².